The number of nitrogens with one attached hydrogen (secondary N) is 1. The normalized spacial score (nSPS) is 10.4. The number of nitrogens with zero attached hydrogens (tertiary/aromatic N) is 2. The minimum atomic E-state index is -0.143. The van der Waals surface area contributed by atoms with Crippen molar-refractivity contribution >= 4 is 21.8 Å². The van der Waals surface area contributed by atoms with Gasteiger partial charge in [-0.05, 0) is 31.2 Å². The molecule has 1 N–H and O–H groups in total. The molecule has 1 amide bonds. The Bertz CT molecular complexity index is 880. The molecular weight excluding hydrogens is 394 g/mol. The predicted octanol–water partition coefficient (Wildman–Crippen LogP) is 4.02. The standard InChI is InChI=1S/C20H18BrN3O2/c1-14-5-7-15(8-6-14)18-9-10-19(24-23-18)26-12-11-22-20(25)16-3-2-4-17(21)13-16/h2-10,13H,11-12H2,1H3,(H,22,25). The molecule has 0 aliphatic carbocycles. The molecule has 3 aromatic rings. The fourth-order valence-electron chi connectivity index (χ4n) is 2.33. The van der Waals surface area contributed by atoms with Crippen LogP contribution in [0.1, 0.15) is 15.9 Å². The summed E-state index contributed by atoms with van der Waals surface area (Å²) in [4.78, 5) is 12.0. The molecule has 5 nitrogen and oxygen atoms in total. The number of carbonyl (C=O) groups excluding carboxylic acids is 1. The van der Waals surface area contributed by atoms with Crippen LogP contribution < -0.4 is 10.1 Å². The molecule has 6 heteroatoms. The van der Waals surface area contributed by atoms with Crippen LogP contribution in [0, 0.1) is 6.92 Å². The zero-order chi connectivity index (χ0) is 18.4. The second-order valence-electron chi connectivity index (χ2n) is 5.74. The third-order valence-electron chi connectivity index (χ3n) is 3.71. The molecule has 0 fully saturated rings. The van der Waals surface area contributed by atoms with Crippen molar-refractivity contribution < 1.29 is 9.53 Å². The van der Waals surface area contributed by atoms with E-state index in [9.17, 15) is 4.79 Å². The highest BCUT2D eigenvalue weighted by atomic mass is 79.9. The first kappa shape index (κ1) is 18.1. The second kappa shape index (κ2) is 8.58. The molecule has 0 atom stereocenters. The number of halogens is 1. The van der Waals surface area contributed by atoms with Crippen LogP contribution >= 0.6 is 15.9 Å². The van der Waals surface area contributed by atoms with Gasteiger partial charge in [-0.1, -0.05) is 51.8 Å². The Morgan fingerprint density at radius 2 is 1.88 bits per heavy atom. The molecule has 0 aliphatic heterocycles. The summed E-state index contributed by atoms with van der Waals surface area (Å²) >= 11 is 3.35. The van der Waals surface area contributed by atoms with Gasteiger partial charge in [0.25, 0.3) is 5.91 Å². The van der Waals surface area contributed by atoms with E-state index < -0.39 is 0 Å². The van der Waals surface area contributed by atoms with Crippen molar-refractivity contribution in [3.05, 3.63) is 76.3 Å². The Labute approximate surface area is 160 Å². The number of aryl methyl sites for hydroxylation is 1. The molecule has 26 heavy (non-hydrogen) atoms. The molecule has 3 rings (SSSR count). The number of carbonyl (C=O) groups is 1. The van der Waals surface area contributed by atoms with Crippen LogP contribution in [0.4, 0.5) is 0 Å². The van der Waals surface area contributed by atoms with E-state index in [2.05, 4.69) is 31.4 Å². The van der Waals surface area contributed by atoms with Gasteiger partial charge in [-0.2, -0.15) is 0 Å². The van der Waals surface area contributed by atoms with Gasteiger partial charge >= 0.3 is 0 Å². The van der Waals surface area contributed by atoms with Crippen LogP contribution in [0.2, 0.25) is 0 Å². The van der Waals surface area contributed by atoms with E-state index in [1.807, 2.05) is 49.4 Å². The van der Waals surface area contributed by atoms with Crippen molar-refractivity contribution in [1.82, 2.24) is 15.5 Å². The van der Waals surface area contributed by atoms with Crippen molar-refractivity contribution in [2.45, 2.75) is 6.92 Å². The average molecular weight is 412 g/mol. The van der Waals surface area contributed by atoms with Crippen LogP contribution in [0.3, 0.4) is 0 Å². The van der Waals surface area contributed by atoms with E-state index >= 15 is 0 Å². The SMILES string of the molecule is Cc1ccc(-c2ccc(OCCNC(=O)c3cccc(Br)c3)nn2)cc1. The molecule has 0 unspecified atom stereocenters. The molecular formula is C20H18BrN3O2. The van der Waals surface area contributed by atoms with Crippen LogP contribution in [0.5, 0.6) is 5.88 Å². The molecule has 0 bridgehead atoms. The zero-order valence-corrected chi connectivity index (χ0v) is 15.9. The third-order valence-corrected chi connectivity index (χ3v) is 4.21. The van der Waals surface area contributed by atoms with Gasteiger partial charge < -0.3 is 10.1 Å². The zero-order valence-electron chi connectivity index (χ0n) is 14.3. The number of amides is 1. The maximum Gasteiger partial charge on any atom is 0.251 e. The van der Waals surface area contributed by atoms with Gasteiger partial charge in [0.2, 0.25) is 5.88 Å². The first-order valence-electron chi connectivity index (χ1n) is 8.19. The smallest absolute Gasteiger partial charge is 0.251 e. The summed E-state index contributed by atoms with van der Waals surface area (Å²) < 4.78 is 6.39. The predicted molar refractivity (Wildman–Crippen MR) is 104 cm³/mol. The van der Waals surface area contributed by atoms with Crippen LogP contribution in [0.15, 0.2) is 65.1 Å². The minimum absolute atomic E-state index is 0.143. The average Bonchev–Trinajstić information content (AvgIpc) is 2.66. The highest BCUT2D eigenvalue weighted by Crippen LogP contribution is 2.18. The van der Waals surface area contributed by atoms with E-state index in [-0.39, 0.29) is 5.91 Å². The first-order valence-corrected chi connectivity index (χ1v) is 8.98. The third kappa shape index (κ3) is 4.89. The lowest BCUT2D eigenvalue weighted by Gasteiger charge is -2.07. The van der Waals surface area contributed by atoms with E-state index in [0.717, 1.165) is 15.7 Å². The van der Waals surface area contributed by atoms with Gasteiger partial charge in [0.15, 0.2) is 0 Å². The number of hydrogen-bond acceptors (Lipinski definition) is 4. The van der Waals surface area contributed by atoms with Crippen LogP contribution in [0.25, 0.3) is 11.3 Å². The summed E-state index contributed by atoms with van der Waals surface area (Å²) in [6, 6.07) is 19.0. The highest BCUT2D eigenvalue weighted by Gasteiger charge is 2.06. The Hall–Kier alpha value is -2.73. The lowest BCUT2D eigenvalue weighted by atomic mass is 10.1. The number of aromatic nitrogens is 2. The van der Waals surface area contributed by atoms with Crippen molar-refractivity contribution in [2.24, 2.45) is 0 Å². The molecule has 2 aromatic carbocycles. The van der Waals surface area contributed by atoms with Gasteiger partial charge in [0, 0.05) is 21.7 Å². The number of benzene rings is 2. The number of rotatable bonds is 6. The van der Waals surface area contributed by atoms with E-state index in [1.54, 1.807) is 18.2 Å². The van der Waals surface area contributed by atoms with Gasteiger partial charge in [0.1, 0.15) is 6.61 Å². The number of ether oxygens (including phenoxy) is 1. The monoisotopic (exact) mass is 411 g/mol. The highest BCUT2D eigenvalue weighted by molar-refractivity contribution is 9.10. The van der Waals surface area contributed by atoms with Crippen molar-refractivity contribution in [3.63, 3.8) is 0 Å². The summed E-state index contributed by atoms with van der Waals surface area (Å²) in [5.41, 5.74) is 3.60. The molecule has 1 heterocycles. The Balaban J connectivity index is 1.48. The Morgan fingerprint density at radius 1 is 1.08 bits per heavy atom. The van der Waals surface area contributed by atoms with E-state index in [1.165, 1.54) is 5.56 Å². The molecule has 132 valence electrons. The summed E-state index contributed by atoms with van der Waals surface area (Å²) in [5.74, 6) is 0.285. The lowest BCUT2D eigenvalue weighted by molar-refractivity contribution is 0.0946. The summed E-state index contributed by atoms with van der Waals surface area (Å²) in [7, 11) is 0. The largest absolute Gasteiger partial charge is 0.475 e. The first-order chi connectivity index (χ1) is 12.6. The number of hydrogen-bond donors (Lipinski definition) is 1. The fraction of sp³-hybridized carbons (Fsp3) is 0.150. The second-order valence-corrected chi connectivity index (χ2v) is 6.65. The van der Waals surface area contributed by atoms with E-state index in [0.29, 0.717) is 24.6 Å². The van der Waals surface area contributed by atoms with Gasteiger partial charge in [-0.3, -0.25) is 4.79 Å². The Kier molecular flexibility index (Phi) is 5.96. The molecule has 0 aliphatic rings. The van der Waals surface area contributed by atoms with Crippen LogP contribution in [-0.4, -0.2) is 29.3 Å². The quantitative estimate of drug-likeness (QED) is 0.622. The summed E-state index contributed by atoms with van der Waals surface area (Å²) in [5, 5.41) is 11.1. The maximum atomic E-state index is 12.0. The summed E-state index contributed by atoms with van der Waals surface area (Å²) in [6.07, 6.45) is 0. The van der Waals surface area contributed by atoms with Gasteiger partial charge in [0.05, 0.1) is 12.2 Å². The molecule has 0 saturated carbocycles. The van der Waals surface area contributed by atoms with Gasteiger partial charge in [-0.15, -0.1) is 10.2 Å². The molecule has 0 spiro atoms. The molecule has 0 saturated heterocycles. The van der Waals surface area contributed by atoms with Crippen LogP contribution in [-0.2, 0) is 0 Å². The molecule has 0 radical (unpaired) electrons. The van der Waals surface area contributed by atoms with Gasteiger partial charge in [-0.25, -0.2) is 0 Å². The molecule has 1 aromatic heterocycles. The van der Waals surface area contributed by atoms with Crippen molar-refractivity contribution in [1.29, 1.82) is 0 Å². The fourth-order valence-corrected chi connectivity index (χ4v) is 2.73. The van der Waals surface area contributed by atoms with E-state index in [4.69, 9.17) is 4.74 Å². The Morgan fingerprint density at radius 3 is 2.58 bits per heavy atom. The lowest BCUT2D eigenvalue weighted by Crippen LogP contribution is -2.28. The van der Waals surface area contributed by atoms with Crippen molar-refractivity contribution in [3.8, 4) is 17.1 Å². The summed E-state index contributed by atoms with van der Waals surface area (Å²) in [6.45, 7) is 2.74. The minimum Gasteiger partial charge on any atom is -0.475 e. The van der Waals surface area contributed by atoms with Crippen molar-refractivity contribution in [2.75, 3.05) is 13.2 Å². The maximum absolute atomic E-state index is 12.0. The topological polar surface area (TPSA) is 64.1 Å².